The molecule has 0 spiro atoms. The van der Waals surface area contributed by atoms with Crippen LogP contribution in [0.1, 0.15) is 49.1 Å². The van der Waals surface area contributed by atoms with Crippen LogP contribution in [-0.2, 0) is 13.2 Å². The predicted molar refractivity (Wildman–Crippen MR) is 85.7 cm³/mol. The second kappa shape index (κ2) is 7.32. The van der Waals surface area contributed by atoms with E-state index in [9.17, 15) is 0 Å². The molecule has 1 N–H and O–H groups in total. The van der Waals surface area contributed by atoms with Gasteiger partial charge in [0.1, 0.15) is 18.1 Å². The molecule has 0 unspecified atom stereocenters. The number of ether oxygens (including phenoxy) is 1. The van der Waals surface area contributed by atoms with Crippen LogP contribution in [0.25, 0.3) is 0 Å². The van der Waals surface area contributed by atoms with Crippen molar-refractivity contribution in [3.8, 4) is 5.75 Å². The maximum Gasteiger partial charge on any atom is 0.146 e. The summed E-state index contributed by atoms with van der Waals surface area (Å²) in [5.74, 6) is 2.28. The van der Waals surface area contributed by atoms with Gasteiger partial charge >= 0.3 is 0 Å². The smallest absolute Gasteiger partial charge is 0.146 e. The van der Waals surface area contributed by atoms with E-state index in [4.69, 9.17) is 9.15 Å². The van der Waals surface area contributed by atoms with Gasteiger partial charge in [0, 0.05) is 12.1 Å². The van der Waals surface area contributed by atoms with E-state index in [0.29, 0.717) is 12.5 Å². The Balaban J connectivity index is 1.93. The highest BCUT2D eigenvalue weighted by Crippen LogP contribution is 2.24. The monoisotopic (exact) mass is 287 g/mol. The first-order valence-electron chi connectivity index (χ1n) is 7.60. The second-order valence-corrected chi connectivity index (χ2v) is 5.66. The largest absolute Gasteiger partial charge is 0.486 e. The van der Waals surface area contributed by atoms with Gasteiger partial charge < -0.3 is 14.5 Å². The van der Waals surface area contributed by atoms with E-state index in [1.54, 1.807) is 6.26 Å². The maximum atomic E-state index is 5.81. The molecule has 0 bridgehead atoms. The van der Waals surface area contributed by atoms with Crippen LogP contribution in [0.3, 0.4) is 0 Å². The van der Waals surface area contributed by atoms with Gasteiger partial charge in [-0.3, -0.25) is 0 Å². The summed E-state index contributed by atoms with van der Waals surface area (Å²) in [7, 11) is 0. The molecule has 2 aromatic rings. The molecule has 21 heavy (non-hydrogen) atoms. The van der Waals surface area contributed by atoms with Gasteiger partial charge in [-0.25, -0.2) is 0 Å². The highest BCUT2D eigenvalue weighted by atomic mass is 16.5. The summed E-state index contributed by atoms with van der Waals surface area (Å²) in [5, 5.41) is 3.28. The van der Waals surface area contributed by atoms with Crippen molar-refractivity contribution in [2.45, 2.75) is 46.8 Å². The number of rotatable bonds is 7. The fourth-order valence-corrected chi connectivity index (χ4v) is 2.40. The van der Waals surface area contributed by atoms with Crippen LogP contribution in [0.4, 0.5) is 0 Å². The highest BCUT2D eigenvalue weighted by Gasteiger charge is 2.06. The molecule has 114 valence electrons. The number of nitrogens with one attached hydrogen (secondary N) is 1. The third kappa shape index (κ3) is 4.36. The summed E-state index contributed by atoms with van der Waals surface area (Å²) in [6.45, 7) is 10.9. The van der Waals surface area contributed by atoms with Crippen LogP contribution >= 0.6 is 0 Å². The lowest BCUT2D eigenvalue weighted by Gasteiger charge is -2.11. The molecule has 0 amide bonds. The Hall–Kier alpha value is -1.74. The summed E-state index contributed by atoms with van der Waals surface area (Å²) < 4.78 is 11.3. The van der Waals surface area contributed by atoms with Gasteiger partial charge in [-0.15, -0.1) is 0 Å². The Morgan fingerprint density at radius 3 is 2.71 bits per heavy atom. The minimum absolute atomic E-state index is 0.465. The van der Waals surface area contributed by atoms with Crippen molar-refractivity contribution in [3.05, 3.63) is 53.0 Å². The van der Waals surface area contributed by atoms with E-state index in [2.05, 4.69) is 45.1 Å². The van der Waals surface area contributed by atoms with E-state index in [1.807, 2.05) is 12.1 Å². The summed E-state index contributed by atoms with van der Waals surface area (Å²) in [6, 6.07) is 8.31. The van der Waals surface area contributed by atoms with Gasteiger partial charge in [0.25, 0.3) is 0 Å². The zero-order chi connectivity index (χ0) is 15.2. The Kier molecular flexibility index (Phi) is 5.45. The fraction of sp³-hybridized carbons (Fsp3) is 0.444. The molecule has 1 aromatic carbocycles. The van der Waals surface area contributed by atoms with Crippen LogP contribution < -0.4 is 10.1 Å². The van der Waals surface area contributed by atoms with Gasteiger partial charge in [-0.1, -0.05) is 26.8 Å². The minimum atomic E-state index is 0.465. The van der Waals surface area contributed by atoms with Crippen molar-refractivity contribution in [2.24, 2.45) is 0 Å². The molecule has 0 aliphatic carbocycles. The first-order chi connectivity index (χ1) is 10.1. The first-order valence-corrected chi connectivity index (χ1v) is 7.60. The van der Waals surface area contributed by atoms with Crippen molar-refractivity contribution in [2.75, 3.05) is 6.54 Å². The van der Waals surface area contributed by atoms with Crippen molar-refractivity contribution in [1.82, 2.24) is 5.32 Å². The molecule has 0 atom stereocenters. The van der Waals surface area contributed by atoms with Gasteiger partial charge in [-0.2, -0.15) is 0 Å². The van der Waals surface area contributed by atoms with Crippen LogP contribution in [0.15, 0.2) is 34.9 Å². The quantitative estimate of drug-likeness (QED) is 0.819. The van der Waals surface area contributed by atoms with Gasteiger partial charge in [0.2, 0.25) is 0 Å². The Morgan fingerprint density at radius 2 is 2.05 bits per heavy atom. The molecule has 3 heteroatoms. The molecule has 1 aromatic heterocycles. The second-order valence-electron chi connectivity index (χ2n) is 5.66. The molecule has 0 radical (unpaired) electrons. The van der Waals surface area contributed by atoms with E-state index in [1.165, 1.54) is 11.1 Å². The number of aryl methyl sites for hydroxylation is 1. The summed E-state index contributed by atoms with van der Waals surface area (Å²) in [5.41, 5.74) is 3.80. The van der Waals surface area contributed by atoms with Gasteiger partial charge in [-0.05, 0) is 48.7 Å². The first kappa shape index (κ1) is 15.6. The average Bonchev–Trinajstić information content (AvgIpc) is 2.90. The zero-order valence-corrected chi connectivity index (χ0v) is 13.4. The van der Waals surface area contributed by atoms with Crippen LogP contribution in [0.5, 0.6) is 5.75 Å². The van der Waals surface area contributed by atoms with Crippen molar-refractivity contribution in [3.63, 3.8) is 0 Å². The van der Waals surface area contributed by atoms with E-state index in [-0.39, 0.29) is 0 Å². The predicted octanol–water partition coefficient (Wildman–Crippen LogP) is 4.40. The minimum Gasteiger partial charge on any atom is -0.486 e. The molecule has 2 rings (SSSR count). The van der Waals surface area contributed by atoms with Crippen LogP contribution in [0, 0.1) is 6.92 Å². The third-order valence-corrected chi connectivity index (χ3v) is 3.53. The summed E-state index contributed by atoms with van der Waals surface area (Å²) in [6.07, 6.45) is 1.79. The fourth-order valence-electron chi connectivity index (χ4n) is 2.40. The van der Waals surface area contributed by atoms with Crippen molar-refractivity contribution in [1.29, 1.82) is 0 Å². The molecule has 1 heterocycles. The van der Waals surface area contributed by atoms with E-state index < -0.39 is 0 Å². The Bertz CT molecular complexity index is 572. The molecule has 0 aliphatic heterocycles. The number of benzene rings is 1. The van der Waals surface area contributed by atoms with Crippen LogP contribution in [-0.4, -0.2) is 6.54 Å². The lowest BCUT2D eigenvalue weighted by molar-refractivity contribution is 0.270. The average molecular weight is 287 g/mol. The molecule has 0 saturated carbocycles. The van der Waals surface area contributed by atoms with Crippen LogP contribution in [0.2, 0.25) is 0 Å². The lowest BCUT2D eigenvalue weighted by Crippen LogP contribution is -2.10. The van der Waals surface area contributed by atoms with Gasteiger partial charge in [0.15, 0.2) is 0 Å². The van der Waals surface area contributed by atoms with E-state index in [0.717, 1.165) is 30.2 Å². The summed E-state index contributed by atoms with van der Waals surface area (Å²) >= 11 is 0. The molecular formula is C18H25NO2. The SMILES string of the molecule is CCNCc1coc(COc2ccc(C(C)C)c(C)c2)c1. The van der Waals surface area contributed by atoms with Crippen molar-refractivity contribution < 1.29 is 9.15 Å². The van der Waals surface area contributed by atoms with E-state index >= 15 is 0 Å². The molecule has 0 saturated heterocycles. The maximum absolute atomic E-state index is 5.81. The molecule has 0 fully saturated rings. The third-order valence-electron chi connectivity index (χ3n) is 3.53. The standard InChI is InChI=1S/C18H25NO2/c1-5-19-10-15-9-17(20-11-15)12-21-16-6-7-18(13(2)3)14(4)8-16/h6-9,11,13,19H,5,10,12H2,1-4H3. The normalized spacial score (nSPS) is 11.1. The number of furan rings is 1. The Labute approximate surface area is 127 Å². The molecular weight excluding hydrogens is 262 g/mol. The molecule has 3 nitrogen and oxygen atoms in total. The lowest BCUT2D eigenvalue weighted by atomic mass is 9.98. The zero-order valence-electron chi connectivity index (χ0n) is 13.4. The summed E-state index contributed by atoms with van der Waals surface area (Å²) in [4.78, 5) is 0. The topological polar surface area (TPSA) is 34.4 Å². The van der Waals surface area contributed by atoms with Crippen molar-refractivity contribution >= 4 is 0 Å². The Morgan fingerprint density at radius 1 is 1.24 bits per heavy atom. The highest BCUT2D eigenvalue weighted by molar-refractivity contribution is 5.36. The number of hydrogen-bond donors (Lipinski definition) is 1. The van der Waals surface area contributed by atoms with Gasteiger partial charge in [0.05, 0.1) is 6.26 Å². The molecule has 0 aliphatic rings. The number of hydrogen-bond acceptors (Lipinski definition) is 3.